The maximum Gasteiger partial charge on any atom is 0.0605 e. The van der Waals surface area contributed by atoms with Gasteiger partial charge in [0.2, 0.25) is 0 Å². The van der Waals surface area contributed by atoms with Crippen molar-refractivity contribution >= 4 is 16.9 Å². The van der Waals surface area contributed by atoms with E-state index in [0.717, 1.165) is 31.6 Å². The number of hydrogen-bond acceptors (Lipinski definition) is 3. The highest BCUT2D eigenvalue weighted by Crippen LogP contribution is 2.49. The lowest BCUT2D eigenvalue weighted by molar-refractivity contribution is 0.0819. The van der Waals surface area contributed by atoms with Crippen LogP contribution in [0.4, 0.5) is 11.4 Å². The average molecular weight is 355 g/mol. The summed E-state index contributed by atoms with van der Waals surface area (Å²) in [5, 5.41) is 0. The van der Waals surface area contributed by atoms with E-state index in [9.17, 15) is 0 Å². The summed E-state index contributed by atoms with van der Waals surface area (Å²) in [7, 11) is 1.83. The number of nitrogen functional groups attached to an aromatic ring is 1. The second-order valence-corrected chi connectivity index (χ2v) is 8.69. The maximum absolute atomic E-state index is 6.38. The first kappa shape index (κ1) is 17.9. The summed E-state index contributed by atoms with van der Waals surface area (Å²) in [6.45, 7) is 2.15. The number of allylic oxidation sites excluding steroid dienone is 2. The molecule has 4 rings (SSSR count). The second-order valence-electron chi connectivity index (χ2n) is 8.69. The molecular formula is C23H34N2O. The van der Waals surface area contributed by atoms with Gasteiger partial charge in [-0.3, -0.25) is 0 Å². The SMILES string of the molecule is COC1CCN(c2ccc(N)c(C3=CCC4(CCCCC4)CC3)c2)CC1. The number of piperidine rings is 1. The van der Waals surface area contributed by atoms with Crippen molar-refractivity contribution in [1.82, 2.24) is 0 Å². The molecule has 3 heteroatoms. The highest BCUT2D eigenvalue weighted by molar-refractivity contribution is 5.78. The lowest BCUT2D eigenvalue weighted by Gasteiger charge is -2.40. The average Bonchev–Trinajstić information content (AvgIpc) is 2.70. The molecule has 1 aromatic carbocycles. The molecule has 0 atom stereocenters. The highest BCUT2D eigenvalue weighted by Gasteiger charge is 2.33. The summed E-state index contributed by atoms with van der Waals surface area (Å²) in [4.78, 5) is 2.49. The van der Waals surface area contributed by atoms with E-state index in [1.807, 2.05) is 7.11 Å². The van der Waals surface area contributed by atoms with Crippen LogP contribution in [0.5, 0.6) is 0 Å². The van der Waals surface area contributed by atoms with E-state index in [0.29, 0.717) is 11.5 Å². The largest absolute Gasteiger partial charge is 0.398 e. The Hall–Kier alpha value is -1.48. The normalized spacial score (nSPS) is 23.9. The fourth-order valence-electron chi connectivity index (χ4n) is 5.31. The van der Waals surface area contributed by atoms with Crippen LogP contribution in [-0.2, 0) is 4.74 Å². The molecule has 2 fully saturated rings. The Morgan fingerprint density at radius 3 is 2.50 bits per heavy atom. The third-order valence-corrected chi connectivity index (χ3v) is 7.14. The molecule has 0 amide bonds. The van der Waals surface area contributed by atoms with Crippen LogP contribution in [0.3, 0.4) is 0 Å². The van der Waals surface area contributed by atoms with Gasteiger partial charge in [-0.15, -0.1) is 0 Å². The number of methoxy groups -OCH3 is 1. The lowest BCUT2D eigenvalue weighted by atomic mass is 9.65. The van der Waals surface area contributed by atoms with Gasteiger partial charge in [0.1, 0.15) is 0 Å². The van der Waals surface area contributed by atoms with Gasteiger partial charge in [-0.1, -0.05) is 25.3 Å². The van der Waals surface area contributed by atoms with Gasteiger partial charge in [0.15, 0.2) is 0 Å². The van der Waals surface area contributed by atoms with Crippen LogP contribution in [0.2, 0.25) is 0 Å². The number of nitrogens with zero attached hydrogens (tertiary/aromatic N) is 1. The van der Waals surface area contributed by atoms with E-state index in [2.05, 4.69) is 29.2 Å². The zero-order valence-corrected chi connectivity index (χ0v) is 16.3. The summed E-state index contributed by atoms with van der Waals surface area (Å²) >= 11 is 0. The molecule has 2 aliphatic carbocycles. The molecule has 1 saturated heterocycles. The number of anilines is 2. The fourth-order valence-corrected chi connectivity index (χ4v) is 5.31. The summed E-state index contributed by atoms with van der Waals surface area (Å²) < 4.78 is 5.51. The molecule has 2 N–H and O–H groups in total. The molecule has 0 radical (unpaired) electrons. The Labute approximate surface area is 158 Å². The molecule has 3 nitrogen and oxygen atoms in total. The Morgan fingerprint density at radius 1 is 1.08 bits per heavy atom. The maximum atomic E-state index is 6.38. The third kappa shape index (κ3) is 3.64. The van der Waals surface area contributed by atoms with Gasteiger partial charge in [0.05, 0.1) is 6.10 Å². The smallest absolute Gasteiger partial charge is 0.0605 e. The van der Waals surface area contributed by atoms with E-state index < -0.39 is 0 Å². The van der Waals surface area contributed by atoms with Crippen molar-refractivity contribution in [2.45, 2.75) is 70.3 Å². The Bertz CT molecular complexity index is 652. The second kappa shape index (κ2) is 7.64. The molecule has 0 aromatic heterocycles. The van der Waals surface area contributed by atoms with E-state index in [1.54, 1.807) is 0 Å². The number of nitrogens with two attached hydrogens (primary N) is 1. The van der Waals surface area contributed by atoms with E-state index in [-0.39, 0.29) is 0 Å². The van der Waals surface area contributed by atoms with Crippen molar-refractivity contribution < 1.29 is 4.74 Å². The molecule has 0 bridgehead atoms. The third-order valence-electron chi connectivity index (χ3n) is 7.14. The van der Waals surface area contributed by atoms with Crippen molar-refractivity contribution in [3.8, 4) is 0 Å². The van der Waals surface area contributed by atoms with E-state index >= 15 is 0 Å². The van der Waals surface area contributed by atoms with Gasteiger partial charge in [0.25, 0.3) is 0 Å². The van der Waals surface area contributed by atoms with Crippen LogP contribution >= 0.6 is 0 Å². The molecule has 1 aliphatic heterocycles. The molecule has 3 aliphatic rings. The van der Waals surface area contributed by atoms with E-state index in [4.69, 9.17) is 10.5 Å². The van der Waals surface area contributed by atoms with Crippen LogP contribution in [0.1, 0.15) is 69.8 Å². The zero-order valence-electron chi connectivity index (χ0n) is 16.3. The predicted octanol–water partition coefficient (Wildman–Crippen LogP) is 5.40. The minimum absolute atomic E-state index is 0.423. The first-order chi connectivity index (χ1) is 12.7. The van der Waals surface area contributed by atoms with Crippen LogP contribution in [0, 0.1) is 5.41 Å². The lowest BCUT2D eigenvalue weighted by Crippen LogP contribution is -2.36. The predicted molar refractivity (Wildman–Crippen MR) is 110 cm³/mol. The first-order valence-corrected chi connectivity index (χ1v) is 10.6. The monoisotopic (exact) mass is 354 g/mol. The Morgan fingerprint density at radius 2 is 1.85 bits per heavy atom. The van der Waals surface area contributed by atoms with Crippen molar-refractivity contribution in [1.29, 1.82) is 0 Å². The first-order valence-electron chi connectivity index (χ1n) is 10.6. The van der Waals surface area contributed by atoms with E-state index in [1.165, 1.54) is 68.2 Å². The van der Waals surface area contributed by atoms with Gasteiger partial charge in [-0.2, -0.15) is 0 Å². The van der Waals surface area contributed by atoms with Crippen LogP contribution in [-0.4, -0.2) is 26.3 Å². The zero-order chi connectivity index (χ0) is 18.0. The standard InChI is InChI=1S/C23H34N2O/c1-26-20-9-15-25(16-10-20)19-5-6-22(24)21(17-19)18-7-13-23(14-8-18)11-3-2-4-12-23/h5-7,17,20H,2-4,8-16,24H2,1H3. The topological polar surface area (TPSA) is 38.5 Å². The van der Waals surface area contributed by atoms with Crippen molar-refractivity contribution in [3.05, 3.63) is 29.8 Å². The van der Waals surface area contributed by atoms with Crippen LogP contribution in [0.25, 0.3) is 5.57 Å². The minimum atomic E-state index is 0.423. The fraction of sp³-hybridized carbons (Fsp3) is 0.652. The highest BCUT2D eigenvalue weighted by atomic mass is 16.5. The molecule has 1 heterocycles. The van der Waals surface area contributed by atoms with Gasteiger partial charge in [0, 0.05) is 37.1 Å². The summed E-state index contributed by atoms with van der Waals surface area (Å²) in [5.74, 6) is 0. The van der Waals surface area contributed by atoms with Gasteiger partial charge in [-0.25, -0.2) is 0 Å². The molecule has 142 valence electrons. The Balaban J connectivity index is 1.50. The molecule has 0 unspecified atom stereocenters. The number of rotatable bonds is 3. The molecular weight excluding hydrogens is 320 g/mol. The summed E-state index contributed by atoms with van der Waals surface area (Å²) in [6, 6.07) is 6.64. The number of benzene rings is 1. The number of ether oxygens (including phenoxy) is 1. The van der Waals surface area contributed by atoms with Crippen LogP contribution < -0.4 is 10.6 Å². The van der Waals surface area contributed by atoms with Gasteiger partial charge in [-0.05, 0) is 74.1 Å². The van der Waals surface area contributed by atoms with Crippen LogP contribution in [0.15, 0.2) is 24.3 Å². The Kier molecular flexibility index (Phi) is 5.26. The van der Waals surface area contributed by atoms with Crippen molar-refractivity contribution in [3.63, 3.8) is 0 Å². The molecule has 1 spiro atoms. The molecule has 1 saturated carbocycles. The summed E-state index contributed by atoms with van der Waals surface area (Å²) in [6.07, 6.45) is 16.1. The minimum Gasteiger partial charge on any atom is -0.398 e. The summed E-state index contributed by atoms with van der Waals surface area (Å²) in [5.41, 5.74) is 12.0. The van der Waals surface area contributed by atoms with Gasteiger partial charge < -0.3 is 15.4 Å². The van der Waals surface area contributed by atoms with Crippen molar-refractivity contribution in [2.24, 2.45) is 5.41 Å². The molecule has 26 heavy (non-hydrogen) atoms. The van der Waals surface area contributed by atoms with Crippen molar-refractivity contribution in [2.75, 3.05) is 30.8 Å². The number of hydrogen-bond donors (Lipinski definition) is 1. The van der Waals surface area contributed by atoms with Gasteiger partial charge >= 0.3 is 0 Å². The molecule has 1 aromatic rings. The quantitative estimate of drug-likeness (QED) is 0.738.